The van der Waals surface area contributed by atoms with E-state index in [1.54, 1.807) is 4.90 Å². The van der Waals surface area contributed by atoms with E-state index in [-0.39, 0.29) is 12.2 Å². The Labute approximate surface area is 157 Å². The van der Waals surface area contributed by atoms with E-state index in [1.807, 2.05) is 42.5 Å². The number of anilines is 1. The second-order valence-corrected chi connectivity index (χ2v) is 7.08. The molecule has 3 nitrogen and oxygen atoms in total. The van der Waals surface area contributed by atoms with Crippen LogP contribution in [0.3, 0.4) is 0 Å². The van der Waals surface area contributed by atoms with E-state index in [9.17, 15) is 4.79 Å². The van der Waals surface area contributed by atoms with E-state index in [0.29, 0.717) is 6.54 Å². The summed E-state index contributed by atoms with van der Waals surface area (Å²) in [6, 6.07) is 18.3. The van der Waals surface area contributed by atoms with Gasteiger partial charge < -0.3 is 4.74 Å². The Kier molecular flexibility index (Phi) is 6.70. The molecular formula is C23H29NO2. The number of nitrogens with zero attached hydrogens (tertiary/aromatic N) is 1. The minimum Gasteiger partial charge on any atom is -0.439 e. The van der Waals surface area contributed by atoms with Crippen molar-refractivity contribution in [2.75, 3.05) is 11.4 Å². The lowest BCUT2D eigenvalue weighted by molar-refractivity contribution is 0.142. The van der Waals surface area contributed by atoms with Crippen LogP contribution in [0.1, 0.15) is 62.7 Å². The van der Waals surface area contributed by atoms with Crippen LogP contribution in [0, 0.1) is 0 Å². The molecule has 0 aliphatic carbocycles. The molecule has 1 atom stereocenters. The first-order valence-corrected chi connectivity index (χ1v) is 9.90. The molecule has 0 N–H and O–H groups in total. The number of rotatable bonds is 9. The van der Waals surface area contributed by atoms with Crippen molar-refractivity contribution in [3.63, 3.8) is 0 Å². The summed E-state index contributed by atoms with van der Waals surface area (Å²) in [5.41, 5.74) is 3.31. The van der Waals surface area contributed by atoms with Gasteiger partial charge in [-0.05, 0) is 36.1 Å². The summed E-state index contributed by atoms with van der Waals surface area (Å²) in [4.78, 5) is 14.0. The molecule has 0 saturated carbocycles. The van der Waals surface area contributed by atoms with E-state index in [2.05, 4.69) is 19.1 Å². The highest BCUT2D eigenvalue weighted by atomic mass is 16.6. The van der Waals surface area contributed by atoms with E-state index in [0.717, 1.165) is 17.7 Å². The van der Waals surface area contributed by atoms with Gasteiger partial charge in [0.15, 0.2) is 0 Å². The van der Waals surface area contributed by atoms with Crippen LogP contribution in [-0.2, 0) is 11.2 Å². The van der Waals surface area contributed by atoms with Gasteiger partial charge >= 0.3 is 6.09 Å². The Morgan fingerprint density at radius 1 is 0.923 bits per heavy atom. The molecule has 3 heteroatoms. The molecule has 0 radical (unpaired) electrons. The molecule has 1 saturated heterocycles. The van der Waals surface area contributed by atoms with Crippen LogP contribution in [0.15, 0.2) is 54.6 Å². The van der Waals surface area contributed by atoms with Crippen molar-refractivity contribution in [3.05, 3.63) is 65.7 Å². The van der Waals surface area contributed by atoms with E-state index < -0.39 is 0 Å². The van der Waals surface area contributed by atoms with Gasteiger partial charge in [-0.25, -0.2) is 4.79 Å². The highest BCUT2D eigenvalue weighted by molar-refractivity contribution is 5.89. The largest absolute Gasteiger partial charge is 0.439 e. The molecule has 26 heavy (non-hydrogen) atoms. The lowest BCUT2D eigenvalue weighted by Crippen LogP contribution is -2.23. The molecule has 1 heterocycles. The van der Waals surface area contributed by atoms with Gasteiger partial charge in [0.25, 0.3) is 0 Å². The van der Waals surface area contributed by atoms with Gasteiger partial charge in [0.05, 0.1) is 6.54 Å². The zero-order valence-electron chi connectivity index (χ0n) is 15.7. The standard InChI is InChI=1S/C23H29NO2/c1-2-3-4-5-6-8-11-19-14-16-21(17-15-19)24-18-22(26-23(24)25)20-12-9-7-10-13-20/h7,9-10,12-17,22H,2-6,8,11,18H2,1H3/t22-/m0/s1. The quantitative estimate of drug-likeness (QED) is 0.497. The maximum atomic E-state index is 12.2. The molecule has 138 valence electrons. The number of unbranched alkanes of at least 4 members (excludes halogenated alkanes) is 5. The highest BCUT2D eigenvalue weighted by Gasteiger charge is 2.33. The number of hydrogen-bond donors (Lipinski definition) is 0. The predicted octanol–water partition coefficient (Wildman–Crippen LogP) is 6.29. The second-order valence-electron chi connectivity index (χ2n) is 7.08. The minimum atomic E-state index is -0.262. The van der Waals surface area contributed by atoms with Gasteiger partial charge in [-0.3, -0.25) is 4.90 Å². The fourth-order valence-corrected chi connectivity index (χ4v) is 3.47. The Morgan fingerprint density at radius 2 is 1.62 bits per heavy atom. The van der Waals surface area contributed by atoms with Crippen LogP contribution in [-0.4, -0.2) is 12.6 Å². The molecule has 0 unspecified atom stereocenters. The number of carbonyl (C=O) groups excluding carboxylic acids is 1. The zero-order chi connectivity index (χ0) is 18.2. The van der Waals surface area contributed by atoms with E-state index in [4.69, 9.17) is 4.74 Å². The van der Waals surface area contributed by atoms with E-state index >= 15 is 0 Å². The molecule has 1 aliphatic heterocycles. The van der Waals surface area contributed by atoms with Crippen molar-refractivity contribution in [1.29, 1.82) is 0 Å². The van der Waals surface area contributed by atoms with Gasteiger partial charge in [-0.2, -0.15) is 0 Å². The number of carbonyl (C=O) groups is 1. The number of ether oxygens (including phenoxy) is 1. The third kappa shape index (κ3) is 4.87. The van der Waals surface area contributed by atoms with Gasteiger partial charge in [0.1, 0.15) is 6.10 Å². The molecule has 0 bridgehead atoms. The first-order chi connectivity index (χ1) is 12.8. The van der Waals surface area contributed by atoms with Crippen LogP contribution in [0.5, 0.6) is 0 Å². The SMILES string of the molecule is CCCCCCCCc1ccc(N2C[C@@H](c3ccccc3)OC2=O)cc1. The second kappa shape index (κ2) is 9.42. The molecule has 2 aromatic carbocycles. The summed E-state index contributed by atoms with van der Waals surface area (Å²) >= 11 is 0. The predicted molar refractivity (Wildman–Crippen MR) is 107 cm³/mol. The number of aryl methyl sites for hydroxylation is 1. The van der Waals surface area contributed by atoms with Crippen LogP contribution in [0.4, 0.5) is 10.5 Å². The fourth-order valence-electron chi connectivity index (χ4n) is 3.47. The highest BCUT2D eigenvalue weighted by Crippen LogP contribution is 2.30. The normalized spacial score (nSPS) is 16.7. The molecule has 0 aromatic heterocycles. The Hall–Kier alpha value is -2.29. The molecule has 1 aliphatic rings. The van der Waals surface area contributed by atoms with Crippen molar-refractivity contribution in [2.45, 2.75) is 58.0 Å². The maximum Gasteiger partial charge on any atom is 0.415 e. The van der Waals surface area contributed by atoms with Gasteiger partial charge in [0, 0.05) is 5.69 Å². The van der Waals surface area contributed by atoms with Crippen molar-refractivity contribution in [1.82, 2.24) is 0 Å². The summed E-state index contributed by atoms with van der Waals surface area (Å²) in [6.45, 7) is 2.82. The molecule has 1 amide bonds. The lowest BCUT2D eigenvalue weighted by Gasteiger charge is -2.13. The van der Waals surface area contributed by atoms with E-state index in [1.165, 1.54) is 44.1 Å². The molecule has 1 fully saturated rings. The van der Waals surface area contributed by atoms with Crippen LogP contribution in [0.25, 0.3) is 0 Å². The first-order valence-electron chi connectivity index (χ1n) is 9.90. The minimum absolute atomic E-state index is 0.188. The zero-order valence-corrected chi connectivity index (χ0v) is 15.7. The topological polar surface area (TPSA) is 29.5 Å². The Bertz CT molecular complexity index is 681. The summed E-state index contributed by atoms with van der Waals surface area (Å²) < 4.78 is 5.54. The van der Waals surface area contributed by atoms with Crippen molar-refractivity contribution in [3.8, 4) is 0 Å². The number of amides is 1. The smallest absolute Gasteiger partial charge is 0.415 e. The van der Waals surface area contributed by atoms with Crippen LogP contribution in [0.2, 0.25) is 0 Å². The number of hydrogen-bond acceptors (Lipinski definition) is 2. The summed E-state index contributed by atoms with van der Waals surface area (Å²) in [7, 11) is 0. The maximum absolute atomic E-state index is 12.2. The van der Waals surface area contributed by atoms with Crippen LogP contribution >= 0.6 is 0 Å². The average Bonchev–Trinajstić information content (AvgIpc) is 3.07. The van der Waals surface area contributed by atoms with Crippen molar-refractivity contribution in [2.24, 2.45) is 0 Å². The molecule has 2 aromatic rings. The Morgan fingerprint density at radius 3 is 2.35 bits per heavy atom. The van der Waals surface area contributed by atoms with Crippen molar-refractivity contribution < 1.29 is 9.53 Å². The van der Waals surface area contributed by atoms with Crippen molar-refractivity contribution >= 4 is 11.8 Å². The number of benzene rings is 2. The Balaban J connectivity index is 1.51. The first kappa shape index (κ1) is 18.5. The summed E-state index contributed by atoms with van der Waals surface area (Å²) in [6.07, 6.45) is 8.55. The molecule has 3 rings (SSSR count). The van der Waals surface area contributed by atoms with Crippen LogP contribution < -0.4 is 4.90 Å². The summed E-state index contributed by atoms with van der Waals surface area (Å²) in [5.74, 6) is 0. The molecular weight excluding hydrogens is 322 g/mol. The average molecular weight is 351 g/mol. The van der Waals surface area contributed by atoms with Gasteiger partial charge in [-0.15, -0.1) is 0 Å². The third-order valence-electron chi connectivity index (χ3n) is 5.05. The van der Waals surface area contributed by atoms with Gasteiger partial charge in [-0.1, -0.05) is 81.5 Å². The third-order valence-corrected chi connectivity index (χ3v) is 5.05. The monoisotopic (exact) mass is 351 g/mol. The number of cyclic esters (lactones) is 1. The fraction of sp³-hybridized carbons (Fsp3) is 0.435. The lowest BCUT2D eigenvalue weighted by atomic mass is 10.0. The molecule has 0 spiro atoms. The van der Waals surface area contributed by atoms with Gasteiger partial charge in [0.2, 0.25) is 0 Å². The summed E-state index contributed by atoms with van der Waals surface area (Å²) in [5, 5.41) is 0.